The van der Waals surface area contributed by atoms with Crippen molar-refractivity contribution < 1.29 is 9.53 Å². The molecule has 0 aromatic rings. The predicted octanol–water partition coefficient (Wildman–Crippen LogP) is 6.75. The molecule has 0 rings (SSSR count). The van der Waals surface area contributed by atoms with Crippen molar-refractivity contribution in [1.82, 2.24) is 0 Å². The topological polar surface area (TPSA) is 26.3 Å². The Kier molecular flexibility index (Phi) is 18.9. The van der Waals surface area contributed by atoms with E-state index in [-0.39, 0.29) is 5.97 Å². The number of ether oxygens (including phenoxy) is 1. The number of esters is 1. The molecular formula is C19H37BrO2S. The predicted molar refractivity (Wildman–Crippen MR) is 108 cm³/mol. The second-order valence-corrected chi connectivity index (χ2v) is 8.68. The van der Waals surface area contributed by atoms with E-state index in [0.29, 0.717) is 17.9 Å². The molecule has 0 amide bonds. The summed E-state index contributed by atoms with van der Waals surface area (Å²) in [5.74, 6) is 1.91. The van der Waals surface area contributed by atoms with E-state index in [1.165, 1.54) is 57.8 Å². The Morgan fingerprint density at radius 1 is 0.957 bits per heavy atom. The molecule has 0 aliphatic rings. The fraction of sp³-hybridized carbons (Fsp3) is 0.947. The molecule has 1 unspecified atom stereocenters. The summed E-state index contributed by atoms with van der Waals surface area (Å²) in [7, 11) is 0. The molecule has 0 spiro atoms. The van der Waals surface area contributed by atoms with Crippen molar-refractivity contribution in [3.05, 3.63) is 0 Å². The lowest BCUT2D eigenvalue weighted by Crippen LogP contribution is -2.08. The number of thioether (sulfide) groups is 1. The Bertz CT molecular complexity index is 262. The number of carbonyl (C=O) groups is 1. The third-order valence-electron chi connectivity index (χ3n) is 3.95. The van der Waals surface area contributed by atoms with Gasteiger partial charge < -0.3 is 4.74 Å². The van der Waals surface area contributed by atoms with Crippen LogP contribution >= 0.6 is 27.7 Å². The van der Waals surface area contributed by atoms with Gasteiger partial charge in [0, 0.05) is 16.3 Å². The monoisotopic (exact) mass is 408 g/mol. The van der Waals surface area contributed by atoms with Gasteiger partial charge in [0.2, 0.25) is 0 Å². The first-order chi connectivity index (χ1) is 11.2. The summed E-state index contributed by atoms with van der Waals surface area (Å²) in [6.07, 6.45) is 14.8. The molecule has 0 radical (unpaired) electrons. The van der Waals surface area contributed by atoms with Crippen molar-refractivity contribution in [2.75, 3.05) is 18.1 Å². The molecule has 0 bridgehead atoms. The number of unbranched alkanes of at least 4 members (excludes halogenated alkanes) is 9. The van der Waals surface area contributed by atoms with Crippen molar-refractivity contribution >= 4 is 33.7 Å². The van der Waals surface area contributed by atoms with Crippen LogP contribution in [0, 0.1) is 0 Å². The number of alkyl halides is 1. The summed E-state index contributed by atoms with van der Waals surface area (Å²) in [5.41, 5.74) is 0. The van der Waals surface area contributed by atoms with Gasteiger partial charge in [0.15, 0.2) is 0 Å². The Morgan fingerprint density at radius 2 is 1.52 bits per heavy atom. The third kappa shape index (κ3) is 18.5. The normalized spacial score (nSPS) is 12.3. The van der Waals surface area contributed by atoms with Crippen molar-refractivity contribution in [3.63, 3.8) is 0 Å². The van der Waals surface area contributed by atoms with Crippen LogP contribution in [0.3, 0.4) is 0 Å². The summed E-state index contributed by atoms with van der Waals surface area (Å²) in [5, 5.41) is 0. The lowest BCUT2D eigenvalue weighted by atomic mass is 10.1. The maximum atomic E-state index is 11.6. The van der Waals surface area contributed by atoms with E-state index in [0.717, 1.165) is 24.3 Å². The van der Waals surface area contributed by atoms with Gasteiger partial charge in [-0.25, -0.2) is 0 Å². The van der Waals surface area contributed by atoms with Crippen LogP contribution in [-0.2, 0) is 9.53 Å². The molecule has 0 aliphatic heterocycles. The minimum Gasteiger partial charge on any atom is -0.466 e. The summed E-state index contributed by atoms with van der Waals surface area (Å²) in [6, 6.07) is 0. The third-order valence-corrected chi connectivity index (χ3v) is 6.48. The Labute approximate surface area is 157 Å². The number of carbonyl (C=O) groups excluding carboxylic acids is 1. The lowest BCUT2D eigenvalue weighted by Gasteiger charge is -2.07. The van der Waals surface area contributed by atoms with E-state index in [1.54, 1.807) is 0 Å². The van der Waals surface area contributed by atoms with E-state index >= 15 is 0 Å². The average Bonchev–Trinajstić information content (AvgIpc) is 2.56. The second kappa shape index (κ2) is 18.6. The van der Waals surface area contributed by atoms with E-state index in [9.17, 15) is 4.79 Å². The van der Waals surface area contributed by atoms with Crippen molar-refractivity contribution in [2.24, 2.45) is 0 Å². The zero-order valence-electron chi connectivity index (χ0n) is 15.3. The fourth-order valence-corrected chi connectivity index (χ4v) is 3.86. The largest absolute Gasteiger partial charge is 0.466 e. The standard InChI is InChI=1S/C19H37BrO2S/c1-3-5-6-7-8-9-10-11-12-13-15-22-19(21)14-16-23-17-18(20)4-2/h18H,3-17H2,1-2H3. The van der Waals surface area contributed by atoms with Crippen LogP contribution in [0.25, 0.3) is 0 Å². The zero-order chi connectivity index (χ0) is 17.2. The molecule has 0 fully saturated rings. The zero-order valence-corrected chi connectivity index (χ0v) is 17.7. The minimum absolute atomic E-state index is 0.0314. The molecular weight excluding hydrogens is 372 g/mol. The number of halogens is 1. The van der Waals surface area contributed by atoms with Gasteiger partial charge >= 0.3 is 5.97 Å². The van der Waals surface area contributed by atoms with Crippen LogP contribution in [0.2, 0.25) is 0 Å². The highest BCUT2D eigenvalue weighted by atomic mass is 79.9. The molecule has 0 saturated carbocycles. The van der Waals surface area contributed by atoms with Crippen LogP contribution in [0.4, 0.5) is 0 Å². The maximum absolute atomic E-state index is 11.6. The van der Waals surface area contributed by atoms with Crippen molar-refractivity contribution in [2.45, 2.75) is 95.7 Å². The highest BCUT2D eigenvalue weighted by Gasteiger charge is 2.05. The van der Waals surface area contributed by atoms with Crippen molar-refractivity contribution in [3.8, 4) is 0 Å². The van der Waals surface area contributed by atoms with Crippen LogP contribution in [0.5, 0.6) is 0 Å². The minimum atomic E-state index is -0.0314. The first-order valence-corrected chi connectivity index (χ1v) is 11.6. The number of hydrogen-bond acceptors (Lipinski definition) is 3. The number of hydrogen-bond donors (Lipinski definition) is 0. The van der Waals surface area contributed by atoms with Gasteiger partial charge in [0.1, 0.15) is 0 Å². The quantitative estimate of drug-likeness (QED) is 0.151. The Balaban J connectivity index is 3.17. The molecule has 2 nitrogen and oxygen atoms in total. The molecule has 23 heavy (non-hydrogen) atoms. The molecule has 0 aromatic carbocycles. The number of rotatable bonds is 17. The van der Waals surface area contributed by atoms with Crippen LogP contribution in [-0.4, -0.2) is 28.9 Å². The van der Waals surface area contributed by atoms with Gasteiger partial charge in [-0.1, -0.05) is 87.6 Å². The Morgan fingerprint density at radius 3 is 2.09 bits per heavy atom. The first kappa shape index (κ1) is 23.3. The second-order valence-electron chi connectivity index (χ2n) is 6.23. The summed E-state index contributed by atoms with van der Waals surface area (Å²) < 4.78 is 5.28. The molecule has 4 heteroatoms. The van der Waals surface area contributed by atoms with E-state index < -0.39 is 0 Å². The molecule has 0 aromatic heterocycles. The van der Waals surface area contributed by atoms with Crippen molar-refractivity contribution in [1.29, 1.82) is 0 Å². The van der Waals surface area contributed by atoms with Gasteiger partial charge in [-0.15, -0.1) is 0 Å². The fourth-order valence-electron chi connectivity index (χ4n) is 2.33. The Hall–Kier alpha value is 0.300. The highest BCUT2D eigenvalue weighted by Crippen LogP contribution is 2.14. The first-order valence-electron chi connectivity index (χ1n) is 9.58. The molecule has 0 N–H and O–H groups in total. The smallest absolute Gasteiger partial charge is 0.306 e. The van der Waals surface area contributed by atoms with E-state index in [1.807, 2.05) is 11.8 Å². The summed E-state index contributed by atoms with van der Waals surface area (Å²) in [4.78, 5) is 12.1. The van der Waals surface area contributed by atoms with Crippen LogP contribution in [0.1, 0.15) is 90.9 Å². The lowest BCUT2D eigenvalue weighted by molar-refractivity contribution is -0.143. The van der Waals surface area contributed by atoms with Gasteiger partial charge in [-0.3, -0.25) is 4.79 Å². The maximum Gasteiger partial charge on any atom is 0.306 e. The molecule has 1 atom stereocenters. The van der Waals surface area contributed by atoms with Crippen LogP contribution in [0.15, 0.2) is 0 Å². The van der Waals surface area contributed by atoms with Gasteiger partial charge in [0.05, 0.1) is 13.0 Å². The summed E-state index contributed by atoms with van der Waals surface area (Å²) in [6.45, 7) is 5.04. The van der Waals surface area contributed by atoms with Gasteiger partial charge in [0.25, 0.3) is 0 Å². The molecule has 0 aliphatic carbocycles. The van der Waals surface area contributed by atoms with E-state index in [4.69, 9.17) is 4.74 Å². The average molecular weight is 409 g/mol. The molecule has 0 heterocycles. The van der Waals surface area contributed by atoms with Crippen LogP contribution < -0.4 is 0 Å². The summed E-state index contributed by atoms with van der Waals surface area (Å²) >= 11 is 5.43. The molecule has 0 saturated heterocycles. The highest BCUT2D eigenvalue weighted by molar-refractivity contribution is 9.09. The molecule has 138 valence electrons. The van der Waals surface area contributed by atoms with E-state index in [2.05, 4.69) is 29.8 Å². The van der Waals surface area contributed by atoms with Gasteiger partial charge in [-0.05, 0) is 12.8 Å². The van der Waals surface area contributed by atoms with Gasteiger partial charge in [-0.2, -0.15) is 11.8 Å². The SMILES string of the molecule is CCCCCCCCCCCCOC(=O)CCSCC(Br)CC.